The van der Waals surface area contributed by atoms with Gasteiger partial charge in [0.15, 0.2) is 6.61 Å². The van der Waals surface area contributed by atoms with E-state index in [0.717, 1.165) is 29.7 Å². The van der Waals surface area contributed by atoms with Crippen molar-refractivity contribution in [3.05, 3.63) is 59.2 Å². The first kappa shape index (κ1) is 20.7. The summed E-state index contributed by atoms with van der Waals surface area (Å²) in [5, 5.41) is 3.02. The molecule has 29 heavy (non-hydrogen) atoms. The number of methoxy groups -OCH3 is 1. The third-order valence-corrected chi connectivity index (χ3v) is 5.38. The minimum absolute atomic E-state index is 0.00670. The van der Waals surface area contributed by atoms with Crippen LogP contribution in [0.3, 0.4) is 0 Å². The zero-order valence-electron chi connectivity index (χ0n) is 17.2. The van der Waals surface area contributed by atoms with Crippen molar-refractivity contribution in [3.8, 4) is 11.5 Å². The predicted molar refractivity (Wildman–Crippen MR) is 111 cm³/mol. The van der Waals surface area contributed by atoms with E-state index in [1.165, 1.54) is 0 Å². The fourth-order valence-electron chi connectivity index (χ4n) is 3.46. The number of amides is 2. The smallest absolute Gasteiger partial charge is 0.258 e. The molecule has 1 saturated heterocycles. The van der Waals surface area contributed by atoms with E-state index in [2.05, 4.69) is 5.32 Å². The van der Waals surface area contributed by atoms with Gasteiger partial charge in [0.05, 0.1) is 7.11 Å². The number of nitrogens with zero attached hydrogens (tertiary/aromatic N) is 1. The van der Waals surface area contributed by atoms with Gasteiger partial charge in [0, 0.05) is 24.7 Å². The molecule has 1 fully saturated rings. The van der Waals surface area contributed by atoms with Crippen molar-refractivity contribution in [2.75, 3.05) is 26.8 Å². The molecule has 2 aromatic carbocycles. The zero-order chi connectivity index (χ0) is 20.8. The molecule has 0 saturated carbocycles. The average Bonchev–Trinajstić information content (AvgIpc) is 2.75. The summed E-state index contributed by atoms with van der Waals surface area (Å²) in [5.74, 6) is 1.26. The maximum absolute atomic E-state index is 12.7. The van der Waals surface area contributed by atoms with Gasteiger partial charge in [-0.15, -0.1) is 0 Å². The molecule has 1 heterocycles. The molecule has 6 nitrogen and oxygen atoms in total. The number of hydrogen-bond acceptors (Lipinski definition) is 4. The monoisotopic (exact) mass is 396 g/mol. The van der Waals surface area contributed by atoms with Crippen LogP contribution in [-0.4, -0.2) is 49.6 Å². The molecule has 1 aliphatic heterocycles. The summed E-state index contributed by atoms with van der Waals surface area (Å²) in [6.45, 7) is 5.21. The van der Waals surface area contributed by atoms with Gasteiger partial charge in [-0.2, -0.15) is 0 Å². The van der Waals surface area contributed by atoms with Crippen molar-refractivity contribution in [1.29, 1.82) is 0 Å². The van der Waals surface area contributed by atoms with Gasteiger partial charge in [0.1, 0.15) is 11.5 Å². The first-order chi connectivity index (χ1) is 14.0. The fraction of sp³-hybridized carbons (Fsp3) is 0.391. The lowest BCUT2D eigenvalue weighted by Gasteiger charge is -2.32. The van der Waals surface area contributed by atoms with Crippen LogP contribution in [0.5, 0.6) is 11.5 Å². The van der Waals surface area contributed by atoms with Gasteiger partial charge in [-0.3, -0.25) is 9.59 Å². The van der Waals surface area contributed by atoms with Crippen LogP contribution in [-0.2, 0) is 4.79 Å². The molecule has 0 aliphatic carbocycles. The number of hydrogen-bond donors (Lipinski definition) is 1. The Hall–Kier alpha value is -3.02. The lowest BCUT2D eigenvalue weighted by molar-refractivity contribution is -0.124. The third-order valence-electron chi connectivity index (χ3n) is 5.38. The van der Waals surface area contributed by atoms with Crippen LogP contribution in [0.15, 0.2) is 42.5 Å². The molecule has 0 aromatic heterocycles. The topological polar surface area (TPSA) is 67.9 Å². The molecule has 154 valence electrons. The van der Waals surface area contributed by atoms with Gasteiger partial charge in [0.25, 0.3) is 11.8 Å². The Morgan fingerprint density at radius 3 is 2.55 bits per heavy atom. The molecule has 0 atom stereocenters. The summed E-state index contributed by atoms with van der Waals surface area (Å²) >= 11 is 0. The maximum atomic E-state index is 12.7. The number of benzene rings is 2. The van der Waals surface area contributed by atoms with Crippen molar-refractivity contribution in [1.82, 2.24) is 10.2 Å². The van der Waals surface area contributed by atoms with E-state index >= 15 is 0 Å². The standard InChI is InChI=1S/C23H28N2O4/c1-16-6-4-9-21(17(16)2)29-15-22(26)24-19-10-12-25(13-11-19)23(27)18-7-5-8-20(14-18)28-3/h4-9,14,19H,10-13,15H2,1-3H3,(H,24,26). The summed E-state index contributed by atoms with van der Waals surface area (Å²) in [6, 6.07) is 13.0. The molecule has 0 radical (unpaired) electrons. The molecule has 2 aromatic rings. The highest BCUT2D eigenvalue weighted by atomic mass is 16.5. The van der Waals surface area contributed by atoms with Gasteiger partial charge in [-0.05, 0) is 62.1 Å². The lowest BCUT2D eigenvalue weighted by atomic mass is 10.0. The second-order valence-corrected chi connectivity index (χ2v) is 7.35. The Morgan fingerprint density at radius 2 is 1.83 bits per heavy atom. The number of piperidine rings is 1. The fourth-order valence-corrected chi connectivity index (χ4v) is 3.46. The highest BCUT2D eigenvalue weighted by Crippen LogP contribution is 2.21. The Kier molecular flexibility index (Phi) is 6.75. The molecule has 3 rings (SSSR count). The molecule has 1 aliphatic rings. The van der Waals surface area contributed by atoms with Gasteiger partial charge >= 0.3 is 0 Å². The molecule has 6 heteroatoms. The van der Waals surface area contributed by atoms with Crippen LogP contribution in [0.4, 0.5) is 0 Å². The first-order valence-electron chi connectivity index (χ1n) is 9.89. The molecule has 1 N–H and O–H groups in total. The number of carbonyl (C=O) groups excluding carboxylic acids is 2. The van der Waals surface area contributed by atoms with E-state index in [4.69, 9.17) is 9.47 Å². The number of nitrogens with one attached hydrogen (secondary N) is 1. The highest BCUT2D eigenvalue weighted by molar-refractivity contribution is 5.94. The van der Waals surface area contributed by atoms with Gasteiger partial charge < -0.3 is 19.7 Å². The molecular weight excluding hydrogens is 368 g/mol. The van der Waals surface area contributed by atoms with Crippen LogP contribution < -0.4 is 14.8 Å². The number of ether oxygens (including phenoxy) is 2. The zero-order valence-corrected chi connectivity index (χ0v) is 17.2. The third kappa shape index (κ3) is 5.28. The van der Waals surface area contributed by atoms with E-state index < -0.39 is 0 Å². The number of aryl methyl sites for hydroxylation is 1. The van der Waals surface area contributed by atoms with Crippen molar-refractivity contribution in [2.45, 2.75) is 32.7 Å². The van der Waals surface area contributed by atoms with Crippen LogP contribution >= 0.6 is 0 Å². The predicted octanol–water partition coefficient (Wildman–Crippen LogP) is 3.11. The van der Waals surface area contributed by atoms with E-state index in [1.54, 1.807) is 19.2 Å². The van der Waals surface area contributed by atoms with Crippen LogP contribution in [0, 0.1) is 13.8 Å². The van der Waals surface area contributed by atoms with Gasteiger partial charge in [-0.1, -0.05) is 18.2 Å². The maximum Gasteiger partial charge on any atom is 0.258 e. The normalized spacial score (nSPS) is 14.4. The van der Waals surface area contributed by atoms with Crippen LogP contribution in [0.2, 0.25) is 0 Å². The van der Waals surface area contributed by atoms with Crippen molar-refractivity contribution < 1.29 is 19.1 Å². The summed E-state index contributed by atoms with van der Waals surface area (Å²) in [4.78, 5) is 26.8. The van der Waals surface area contributed by atoms with E-state index in [1.807, 2.05) is 49.1 Å². The number of carbonyl (C=O) groups is 2. The second-order valence-electron chi connectivity index (χ2n) is 7.35. The molecule has 0 unspecified atom stereocenters. The molecular formula is C23H28N2O4. The Morgan fingerprint density at radius 1 is 1.10 bits per heavy atom. The van der Waals surface area contributed by atoms with Crippen molar-refractivity contribution in [2.24, 2.45) is 0 Å². The quantitative estimate of drug-likeness (QED) is 0.815. The largest absolute Gasteiger partial charge is 0.497 e. The van der Waals surface area contributed by atoms with E-state index in [9.17, 15) is 9.59 Å². The summed E-state index contributed by atoms with van der Waals surface area (Å²) in [6.07, 6.45) is 1.45. The average molecular weight is 396 g/mol. The summed E-state index contributed by atoms with van der Waals surface area (Å²) in [7, 11) is 1.59. The van der Waals surface area contributed by atoms with Gasteiger partial charge in [0.2, 0.25) is 0 Å². The minimum atomic E-state index is -0.136. The summed E-state index contributed by atoms with van der Waals surface area (Å²) < 4.78 is 10.9. The van der Waals surface area contributed by atoms with Crippen LogP contribution in [0.25, 0.3) is 0 Å². The molecule has 0 spiro atoms. The Balaban J connectivity index is 1.46. The second kappa shape index (κ2) is 9.45. The molecule has 2 amide bonds. The number of rotatable bonds is 6. The van der Waals surface area contributed by atoms with Crippen LogP contribution in [0.1, 0.15) is 34.3 Å². The Bertz CT molecular complexity index is 873. The lowest BCUT2D eigenvalue weighted by Crippen LogP contribution is -2.47. The minimum Gasteiger partial charge on any atom is -0.497 e. The van der Waals surface area contributed by atoms with E-state index in [-0.39, 0.29) is 24.5 Å². The van der Waals surface area contributed by atoms with Crippen molar-refractivity contribution >= 4 is 11.8 Å². The first-order valence-corrected chi connectivity index (χ1v) is 9.89. The van der Waals surface area contributed by atoms with Gasteiger partial charge in [-0.25, -0.2) is 0 Å². The molecule has 0 bridgehead atoms. The van der Waals surface area contributed by atoms with E-state index in [0.29, 0.717) is 24.4 Å². The highest BCUT2D eigenvalue weighted by Gasteiger charge is 2.25. The summed E-state index contributed by atoms with van der Waals surface area (Å²) in [5.41, 5.74) is 2.80. The van der Waals surface area contributed by atoms with Crippen molar-refractivity contribution in [3.63, 3.8) is 0 Å². The number of likely N-dealkylation sites (tertiary alicyclic amines) is 1. The SMILES string of the molecule is COc1cccc(C(=O)N2CCC(NC(=O)COc3cccc(C)c3C)CC2)c1. The Labute approximate surface area is 171 Å².